The molecule has 1 N–H and O–H groups in total. The summed E-state index contributed by atoms with van der Waals surface area (Å²) in [4.78, 5) is 0. The number of rotatable bonds is 5. The number of nitrogens with one attached hydrogen (secondary N) is 1. The first-order valence-electron chi connectivity index (χ1n) is 8.45. The molecule has 1 nitrogen and oxygen atoms in total. The Hall–Kier alpha value is 0.0800. The third-order valence-electron chi connectivity index (χ3n) is 4.73. The summed E-state index contributed by atoms with van der Waals surface area (Å²) in [6.07, 6.45) is 2.38. The zero-order valence-electron chi connectivity index (χ0n) is 14.9. The molecule has 24 heavy (non-hydrogen) atoms. The van der Waals surface area contributed by atoms with E-state index < -0.39 is 27.1 Å². The van der Waals surface area contributed by atoms with E-state index in [9.17, 15) is 0 Å². The molecule has 1 aliphatic rings. The van der Waals surface area contributed by atoms with E-state index in [-0.39, 0.29) is 24.8 Å². The molecule has 1 aliphatic carbocycles. The van der Waals surface area contributed by atoms with Crippen LogP contribution in [0.15, 0.2) is 42.5 Å². The minimum atomic E-state index is -1.69. The van der Waals surface area contributed by atoms with Gasteiger partial charge in [0, 0.05) is 0 Å². The SMILES string of the molecule is CCC(C)[NH][Zr+2]([c]1cccc2c1Cc1ccccc1-2)[SiH](C)C.[Cl-].[Cl-]. The molecule has 0 amide bonds. The molecule has 0 heterocycles. The first-order chi connectivity index (χ1) is 10.6. The van der Waals surface area contributed by atoms with Crippen molar-refractivity contribution in [3.05, 3.63) is 53.6 Å². The van der Waals surface area contributed by atoms with E-state index in [2.05, 4.69) is 72.7 Å². The normalized spacial score (nSPS) is 12.7. The molecule has 2 aromatic carbocycles. The van der Waals surface area contributed by atoms with Crippen molar-refractivity contribution >= 4 is 9.19 Å². The van der Waals surface area contributed by atoms with Crippen molar-refractivity contribution in [3.8, 4) is 11.1 Å². The van der Waals surface area contributed by atoms with Gasteiger partial charge in [0.25, 0.3) is 0 Å². The number of hydrogen-bond acceptors (Lipinski definition) is 1. The molecular formula is C19H26Cl2NSiZr. The van der Waals surface area contributed by atoms with Crippen molar-refractivity contribution in [2.45, 2.75) is 45.8 Å². The van der Waals surface area contributed by atoms with Crippen molar-refractivity contribution in [1.82, 2.24) is 3.26 Å². The zero-order valence-corrected chi connectivity index (χ0v) is 20.0. The van der Waals surface area contributed by atoms with E-state index >= 15 is 0 Å². The fraction of sp³-hybridized carbons (Fsp3) is 0.368. The second-order valence-corrected chi connectivity index (χ2v) is 25.0. The molecule has 0 radical (unpaired) electrons. The maximum Gasteiger partial charge on any atom is -1.00 e. The Morgan fingerprint density at radius 1 is 1.04 bits per heavy atom. The maximum atomic E-state index is 4.10. The van der Waals surface area contributed by atoms with Gasteiger partial charge in [0.15, 0.2) is 0 Å². The Kier molecular flexibility index (Phi) is 8.93. The van der Waals surface area contributed by atoms with E-state index in [1.165, 1.54) is 23.1 Å². The molecule has 129 valence electrons. The predicted molar refractivity (Wildman–Crippen MR) is 96.1 cm³/mol. The molecule has 2 aromatic rings. The zero-order chi connectivity index (χ0) is 15.7. The second kappa shape index (κ2) is 9.69. The molecular weight excluding hydrogens is 432 g/mol. The monoisotopic (exact) mass is 456 g/mol. The van der Waals surface area contributed by atoms with Gasteiger partial charge in [0.1, 0.15) is 0 Å². The number of halogens is 2. The molecule has 3 rings (SSSR count). The standard InChI is InChI=1S/C13H9.C4H10N.C2H7Si.2ClH.Zr/c1-3-7-12-10(5-1)9-11-6-2-4-8-13(11)12;1-3-4(2)5;1-3-2;;;/h1-5,7-8H,9H2;4-5H,3H2,1-2H3;3H,1-2H3;2*1H;/q;-1;;;;+3/p-2. The van der Waals surface area contributed by atoms with E-state index in [1.807, 2.05) is 0 Å². The van der Waals surface area contributed by atoms with Gasteiger partial charge in [-0.2, -0.15) is 0 Å². The van der Waals surface area contributed by atoms with E-state index in [0.717, 1.165) is 6.42 Å². The fourth-order valence-corrected chi connectivity index (χ4v) is 18.8. The van der Waals surface area contributed by atoms with Gasteiger partial charge in [0.2, 0.25) is 0 Å². The van der Waals surface area contributed by atoms with Crippen LogP contribution in [0.5, 0.6) is 0 Å². The molecule has 0 saturated heterocycles. The van der Waals surface area contributed by atoms with E-state index in [1.54, 1.807) is 8.83 Å². The van der Waals surface area contributed by atoms with Crippen LogP contribution in [0.3, 0.4) is 0 Å². The summed E-state index contributed by atoms with van der Waals surface area (Å²) >= 11 is -1.69. The second-order valence-electron chi connectivity index (χ2n) is 6.69. The van der Waals surface area contributed by atoms with E-state index in [4.69, 9.17) is 0 Å². The fourth-order valence-electron chi connectivity index (χ4n) is 3.33. The molecule has 1 unspecified atom stereocenters. The average Bonchev–Trinajstić information content (AvgIpc) is 2.91. The Morgan fingerprint density at radius 3 is 2.38 bits per heavy atom. The van der Waals surface area contributed by atoms with Crippen LogP contribution in [-0.4, -0.2) is 12.0 Å². The van der Waals surface area contributed by atoms with Gasteiger partial charge in [-0.15, -0.1) is 0 Å². The third kappa shape index (κ3) is 4.43. The largest absolute Gasteiger partial charge is 1.00 e. The van der Waals surface area contributed by atoms with Gasteiger partial charge >= 0.3 is 144 Å². The van der Waals surface area contributed by atoms with E-state index in [0.29, 0.717) is 6.04 Å². The first kappa shape index (κ1) is 22.1. The van der Waals surface area contributed by atoms with Crippen LogP contribution in [-0.2, 0) is 27.6 Å². The first-order valence-corrected chi connectivity index (χ1v) is 18.1. The molecule has 0 saturated carbocycles. The summed E-state index contributed by atoms with van der Waals surface area (Å²) in [6.45, 7) is 9.75. The van der Waals surface area contributed by atoms with Gasteiger partial charge in [-0.25, -0.2) is 0 Å². The Bertz CT molecular complexity index is 678. The molecule has 0 aromatic heterocycles. The predicted octanol–water partition coefficient (Wildman–Crippen LogP) is -2.20. The summed E-state index contributed by atoms with van der Waals surface area (Å²) in [7, 11) is 0. The average molecular weight is 459 g/mol. The van der Waals surface area contributed by atoms with Gasteiger partial charge in [0.05, 0.1) is 0 Å². The molecule has 0 aliphatic heterocycles. The van der Waals surface area contributed by atoms with Crippen LogP contribution in [0.4, 0.5) is 0 Å². The van der Waals surface area contributed by atoms with Crippen LogP contribution >= 0.6 is 0 Å². The topological polar surface area (TPSA) is 12.0 Å². The molecule has 0 bridgehead atoms. The third-order valence-corrected chi connectivity index (χ3v) is 21.8. The Balaban J connectivity index is 0.00000144. The number of fused-ring (bicyclic) bond motifs is 3. The Morgan fingerprint density at radius 2 is 1.71 bits per heavy atom. The van der Waals surface area contributed by atoms with Crippen molar-refractivity contribution < 1.29 is 46.0 Å². The van der Waals surface area contributed by atoms with Gasteiger partial charge < -0.3 is 24.8 Å². The van der Waals surface area contributed by atoms with Crippen molar-refractivity contribution in [1.29, 1.82) is 0 Å². The van der Waals surface area contributed by atoms with Crippen LogP contribution < -0.4 is 31.3 Å². The van der Waals surface area contributed by atoms with Gasteiger partial charge in [-0.05, 0) is 0 Å². The van der Waals surface area contributed by atoms with Crippen LogP contribution in [0.25, 0.3) is 11.1 Å². The number of benzene rings is 2. The quantitative estimate of drug-likeness (QED) is 0.428. The summed E-state index contributed by atoms with van der Waals surface area (Å²) < 4.78 is 5.85. The molecule has 5 heteroatoms. The minimum absolute atomic E-state index is 0. The van der Waals surface area contributed by atoms with Gasteiger partial charge in [-0.1, -0.05) is 0 Å². The molecule has 0 spiro atoms. The summed E-state index contributed by atoms with van der Waals surface area (Å²) in [6, 6.07) is 16.7. The minimum Gasteiger partial charge on any atom is -1.00 e. The molecule has 0 fully saturated rings. The van der Waals surface area contributed by atoms with Crippen molar-refractivity contribution in [3.63, 3.8) is 0 Å². The molecule has 1 atom stereocenters. The Labute approximate surface area is 168 Å². The summed E-state index contributed by atoms with van der Waals surface area (Å²) in [5, 5.41) is 0. The van der Waals surface area contributed by atoms with Crippen molar-refractivity contribution in [2.24, 2.45) is 0 Å². The van der Waals surface area contributed by atoms with Crippen molar-refractivity contribution in [2.75, 3.05) is 0 Å². The van der Waals surface area contributed by atoms with Crippen LogP contribution in [0.2, 0.25) is 13.1 Å². The maximum absolute atomic E-state index is 4.10. The number of hydrogen-bond donors (Lipinski definition) is 1. The summed E-state index contributed by atoms with van der Waals surface area (Å²) in [5.74, 6) is -0.629. The summed E-state index contributed by atoms with van der Waals surface area (Å²) in [5.41, 5.74) is 6.14. The smallest absolute Gasteiger partial charge is 1.00 e. The van der Waals surface area contributed by atoms with Gasteiger partial charge in [-0.3, -0.25) is 0 Å². The van der Waals surface area contributed by atoms with Crippen LogP contribution in [0, 0.1) is 0 Å². The van der Waals surface area contributed by atoms with Crippen LogP contribution in [0.1, 0.15) is 31.4 Å².